The summed E-state index contributed by atoms with van der Waals surface area (Å²) >= 11 is 6.29. The minimum absolute atomic E-state index is 0.713. The molecule has 2 aromatic carbocycles. The molecule has 0 aliphatic carbocycles. The molecule has 0 N–H and O–H groups in total. The van der Waals surface area contributed by atoms with E-state index in [1.165, 1.54) is 0 Å². The lowest BCUT2D eigenvalue weighted by Crippen LogP contribution is -1.76. The largest absolute Gasteiger partial charge is 0.454 e. The van der Waals surface area contributed by atoms with Gasteiger partial charge in [0.05, 0.1) is 11.2 Å². The third-order valence-electron chi connectivity index (χ3n) is 3.23. The quantitative estimate of drug-likeness (QED) is 0.450. The van der Waals surface area contributed by atoms with Gasteiger partial charge in [-0.15, -0.1) is 0 Å². The van der Waals surface area contributed by atoms with Gasteiger partial charge in [-0.05, 0) is 11.5 Å². The second-order valence-electron chi connectivity index (χ2n) is 4.25. The number of fused-ring (bicyclic) bond motifs is 5. The fourth-order valence-corrected chi connectivity index (χ4v) is 2.72. The van der Waals surface area contributed by atoms with E-state index in [0.29, 0.717) is 5.02 Å². The summed E-state index contributed by atoms with van der Waals surface area (Å²) in [6, 6.07) is 11.9. The fraction of sp³-hybridized carbons (Fsp3) is 0. The Bertz CT molecular complexity index is 895. The Hall–Kier alpha value is -2.06. The molecule has 2 nitrogen and oxygen atoms in total. The molecule has 3 heteroatoms. The van der Waals surface area contributed by atoms with Gasteiger partial charge in [0.2, 0.25) is 0 Å². The highest BCUT2D eigenvalue weighted by Gasteiger charge is 2.12. The number of rotatable bonds is 0. The van der Waals surface area contributed by atoms with Crippen molar-refractivity contribution in [3.63, 3.8) is 0 Å². The topological polar surface area (TPSA) is 26.0 Å². The van der Waals surface area contributed by atoms with E-state index in [2.05, 4.69) is 11.1 Å². The SMILES string of the molecule is Clc1cc2oc3cnccc3c2c2ccccc12. The first kappa shape index (κ1) is 9.92. The number of nitrogens with zero attached hydrogens (tertiary/aromatic N) is 1. The lowest BCUT2D eigenvalue weighted by atomic mass is 10.0. The Morgan fingerprint density at radius 1 is 0.944 bits per heavy atom. The van der Waals surface area contributed by atoms with Gasteiger partial charge < -0.3 is 4.42 Å². The fourth-order valence-electron chi connectivity index (χ4n) is 2.45. The molecule has 2 aromatic heterocycles. The molecule has 18 heavy (non-hydrogen) atoms. The molecule has 0 fully saturated rings. The number of hydrogen-bond acceptors (Lipinski definition) is 2. The van der Waals surface area contributed by atoms with E-state index in [1.807, 2.05) is 30.3 Å². The first-order valence-electron chi connectivity index (χ1n) is 5.68. The second kappa shape index (κ2) is 3.47. The number of halogens is 1. The van der Waals surface area contributed by atoms with Gasteiger partial charge in [0.15, 0.2) is 5.58 Å². The Kier molecular flexibility index (Phi) is 1.91. The highest BCUT2D eigenvalue weighted by Crippen LogP contribution is 2.37. The van der Waals surface area contributed by atoms with E-state index in [9.17, 15) is 0 Å². The van der Waals surface area contributed by atoms with Crippen molar-refractivity contribution in [3.05, 3.63) is 53.8 Å². The van der Waals surface area contributed by atoms with Crippen LogP contribution in [0.2, 0.25) is 5.02 Å². The van der Waals surface area contributed by atoms with Crippen molar-refractivity contribution in [1.82, 2.24) is 4.98 Å². The molecule has 0 amide bonds. The van der Waals surface area contributed by atoms with Gasteiger partial charge in [0.25, 0.3) is 0 Å². The number of benzene rings is 2. The number of pyridine rings is 1. The molecular formula is C15H8ClNO. The Balaban J connectivity index is 2.39. The van der Waals surface area contributed by atoms with E-state index in [4.69, 9.17) is 16.0 Å². The van der Waals surface area contributed by atoms with Crippen LogP contribution in [0.5, 0.6) is 0 Å². The van der Waals surface area contributed by atoms with E-state index in [1.54, 1.807) is 12.4 Å². The predicted molar refractivity (Wildman–Crippen MR) is 74.0 cm³/mol. The summed E-state index contributed by atoms with van der Waals surface area (Å²) in [6.07, 6.45) is 3.51. The molecular weight excluding hydrogens is 246 g/mol. The molecule has 86 valence electrons. The van der Waals surface area contributed by atoms with E-state index >= 15 is 0 Å². The van der Waals surface area contributed by atoms with Crippen LogP contribution >= 0.6 is 11.6 Å². The first-order chi connectivity index (χ1) is 8.84. The van der Waals surface area contributed by atoms with Crippen LogP contribution in [0.4, 0.5) is 0 Å². The van der Waals surface area contributed by atoms with Crippen LogP contribution < -0.4 is 0 Å². The maximum absolute atomic E-state index is 6.29. The van der Waals surface area contributed by atoms with Crippen LogP contribution in [0.15, 0.2) is 53.2 Å². The summed E-state index contributed by atoms with van der Waals surface area (Å²) < 4.78 is 5.79. The molecule has 0 unspecified atom stereocenters. The zero-order valence-electron chi connectivity index (χ0n) is 9.35. The number of aromatic nitrogens is 1. The molecule has 0 saturated carbocycles. The molecule has 0 aliphatic heterocycles. The van der Waals surface area contributed by atoms with Crippen molar-refractivity contribution in [2.45, 2.75) is 0 Å². The molecule has 0 atom stereocenters. The van der Waals surface area contributed by atoms with Gasteiger partial charge in [-0.1, -0.05) is 35.9 Å². The lowest BCUT2D eigenvalue weighted by Gasteiger charge is -2.01. The zero-order chi connectivity index (χ0) is 12.1. The second-order valence-corrected chi connectivity index (χ2v) is 4.66. The van der Waals surface area contributed by atoms with Gasteiger partial charge in [-0.25, -0.2) is 0 Å². The molecule has 0 bridgehead atoms. The molecule has 0 saturated heterocycles. The van der Waals surface area contributed by atoms with Gasteiger partial charge in [0.1, 0.15) is 5.58 Å². The normalized spacial score (nSPS) is 11.6. The van der Waals surface area contributed by atoms with E-state index in [-0.39, 0.29) is 0 Å². The predicted octanol–water partition coefficient (Wildman–Crippen LogP) is 4.79. The van der Waals surface area contributed by atoms with Gasteiger partial charge >= 0.3 is 0 Å². The highest BCUT2D eigenvalue weighted by atomic mass is 35.5. The smallest absolute Gasteiger partial charge is 0.153 e. The summed E-state index contributed by atoms with van der Waals surface area (Å²) in [5.74, 6) is 0. The molecule has 4 aromatic rings. The minimum Gasteiger partial charge on any atom is -0.454 e. The van der Waals surface area contributed by atoms with Crippen molar-refractivity contribution < 1.29 is 4.42 Å². The first-order valence-corrected chi connectivity index (χ1v) is 6.06. The van der Waals surface area contributed by atoms with Crippen molar-refractivity contribution in [2.75, 3.05) is 0 Å². The number of furan rings is 1. The van der Waals surface area contributed by atoms with Gasteiger partial charge in [-0.3, -0.25) is 4.98 Å². The average molecular weight is 254 g/mol. The Morgan fingerprint density at radius 2 is 1.78 bits per heavy atom. The van der Waals surface area contributed by atoms with Gasteiger partial charge in [-0.2, -0.15) is 0 Å². The molecule has 0 aliphatic rings. The van der Waals surface area contributed by atoms with Crippen LogP contribution in [0, 0.1) is 0 Å². The van der Waals surface area contributed by atoms with Crippen LogP contribution in [0.3, 0.4) is 0 Å². The van der Waals surface area contributed by atoms with Crippen LogP contribution in [-0.2, 0) is 0 Å². The van der Waals surface area contributed by atoms with Crippen molar-refractivity contribution in [1.29, 1.82) is 0 Å². The molecule has 4 rings (SSSR count). The monoisotopic (exact) mass is 253 g/mol. The van der Waals surface area contributed by atoms with Crippen molar-refractivity contribution in [3.8, 4) is 0 Å². The molecule has 0 spiro atoms. The van der Waals surface area contributed by atoms with Crippen LogP contribution in [-0.4, -0.2) is 4.98 Å². The van der Waals surface area contributed by atoms with E-state index in [0.717, 1.165) is 32.7 Å². The summed E-state index contributed by atoms with van der Waals surface area (Å²) in [4.78, 5) is 4.08. The van der Waals surface area contributed by atoms with Crippen LogP contribution in [0.1, 0.15) is 0 Å². The third-order valence-corrected chi connectivity index (χ3v) is 3.54. The van der Waals surface area contributed by atoms with Crippen molar-refractivity contribution >= 4 is 44.3 Å². The van der Waals surface area contributed by atoms with E-state index < -0.39 is 0 Å². The zero-order valence-corrected chi connectivity index (χ0v) is 10.1. The lowest BCUT2D eigenvalue weighted by molar-refractivity contribution is 0.667. The summed E-state index contributed by atoms with van der Waals surface area (Å²) in [6.45, 7) is 0. The van der Waals surface area contributed by atoms with Gasteiger partial charge in [0, 0.05) is 28.4 Å². The van der Waals surface area contributed by atoms with Crippen molar-refractivity contribution in [2.24, 2.45) is 0 Å². The molecule has 2 heterocycles. The Morgan fingerprint density at radius 3 is 2.67 bits per heavy atom. The summed E-state index contributed by atoms with van der Waals surface area (Å²) in [5, 5.41) is 5.06. The molecule has 0 radical (unpaired) electrons. The minimum atomic E-state index is 0.713. The Labute approximate surface area is 108 Å². The maximum atomic E-state index is 6.29. The summed E-state index contributed by atoms with van der Waals surface area (Å²) in [7, 11) is 0. The number of hydrogen-bond donors (Lipinski definition) is 0. The standard InChI is InChI=1S/C15H8ClNO/c16-12-7-13-15(10-4-2-1-3-9(10)12)11-5-6-17-8-14(11)18-13/h1-8H. The van der Waals surface area contributed by atoms with Crippen LogP contribution in [0.25, 0.3) is 32.7 Å². The average Bonchev–Trinajstić information content (AvgIpc) is 2.77. The summed E-state index contributed by atoms with van der Waals surface area (Å²) in [5.41, 5.74) is 1.60. The maximum Gasteiger partial charge on any atom is 0.153 e. The highest BCUT2D eigenvalue weighted by molar-refractivity contribution is 6.38. The third kappa shape index (κ3) is 1.21.